The molecule has 2 N–H and O–H groups in total. The molecule has 0 aliphatic carbocycles. The van der Waals surface area contributed by atoms with Gasteiger partial charge in [0.1, 0.15) is 0 Å². The van der Waals surface area contributed by atoms with E-state index in [1.54, 1.807) is 0 Å². The first-order valence-electron chi connectivity index (χ1n) is 6.75. The summed E-state index contributed by atoms with van der Waals surface area (Å²) in [6.45, 7) is 5.88. The molecule has 0 aromatic heterocycles. The summed E-state index contributed by atoms with van der Waals surface area (Å²) < 4.78 is 5.35. The van der Waals surface area contributed by atoms with Crippen LogP contribution in [0.2, 0.25) is 0 Å². The summed E-state index contributed by atoms with van der Waals surface area (Å²) in [5.74, 6) is 1.03. The van der Waals surface area contributed by atoms with Crippen LogP contribution in [0.25, 0.3) is 0 Å². The molecule has 2 fully saturated rings. The minimum Gasteiger partial charge on any atom is -0.381 e. The van der Waals surface area contributed by atoms with Gasteiger partial charge in [0.25, 0.3) is 0 Å². The Morgan fingerprint density at radius 1 is 1.35 bits per heavy atom. The second-order valence-electron chi connectivity index (χ2n) is 5.57. The highest BCUT2D eigenvalue weighted by Crippen LogP contribution is 2.33. The van der Waals surface area contributed by atoms with Crippen LogP contribution >= 0.6 is 0 Å². The van der Waals surface area contributed by atoms with Gasteiger partial charge < -0.3 is 15.4 Å². The maximum absolute atomic E-state index is 12.6. The van der Waals surface area contributed by atoms with Crippen LogP contribution in [0.4, 0.5) is 0 Å². The van der Waals surface area contributed by atoms with Gasteiger partial charge in [-0.1, -0.05) is 6.92 Å². The first kappa shape index (κ1) is 12.8. The van der Waals surface area contributed by atoms with Crippen molar-refractivity contribution in [1.82, 2.24) is 4.90 Å². The van der Waals surface area contributed by atoms with Crippen LogP contribution in [0, 0.1) is 11.3 Å². The largest absolute Gasteiger partial charge is 0.381 e. The van der Waals surface area contributed by atoms with Gasteiger partial charge in [-0.15, -0.1) is 0 Å². The SMILES string of the molecule is CC1CCN(C(=O)C2(CN)CCOCC2)CC1. The number of carbonyl (C=O) groups excluding carboxylic acids is 1. The lowest BCUT2D eigenvalue weighted by Crippen LogP contribution is -2.52. The zero-order chi connectivity index (χ0) is 12.3. The van der Waals surface area contributed by atoms with Crippen LogP contribution in [0.3, 0.4) is 0 Å². The average Bonchev–Trinajstić information content (AvgIpc) is 2.39. The molecular weight excluding hydrogens is 216 g/mol. The Bertz CT molecular complexity index is 267. The summed E-state index contributed by atoms with van der Waals surface area (Å²) in [6.07, 6.45) is 3.83. The molecule has 0 saturated carbocycles. The van der Waals surface area contributed by atoms with Crippen molar-refractivity contribution in [1.29, 1.82) is 0 Å². The molecule has 0 spiro atoms. The number of likely N-dealkylation sites (tertiary alicyclic amines) is 1. The third kappa shape index (κ3) is 2.63. The molecule has 0 aromatic rings. The molecule has 0 unspecified atom stereocenters. The van der Waals surface area contributed by atoms with Gasteiger partial charge in [0.15, 0.2) is 0 Å². The standard InChI is InChI=1S/C13H24N2O2/c1-11-2-6-15(7-3-11)12(16)13(10-14)4-8-17-9-5-13/h11H,2-10,14H2,1H3. The zero-order valence-corrected chi connectivity index (χ0v) is 10.8. The van der Waals surface area contributed by atoms with Crippen LogP contribution in [0.1, 0.15) is 32.6 Å². The van der Waals surface area contributed by atoms with Crippen molar-refractivity contribution >= 4 is 5.91 Å². The molecule has 2 heterocycles. The highest BCUT2D eigenvalue weighted by atomic mass is 16.5. The minimum absolute atomic E-state index is 0.273. The lowest BCUT2D eigenvalue weighted by molar-refractivity contribution is -0.148. The van der Waals surface area contributed by atoms with E-state index < -0.39 is 0 Å². The Labute approximate surface area is 103 Å². The molecule has 1 amide bonds. The predicted molar refractivity (Wildman–Crippen MR) is 66.5 cm³/mol. The fraction of sp³-hybridized carbons (Fsp3) is 0.923. The summed E-state index contributed by atoms with van der Waals surface area (Å²) in [4.78, 5) is 14.6. The Hall–Kier alpha value is -0.610. The van der Waals surface area contributed by atoms with Crippen molar-refractivity contribution < 1.29 is 9.53 Å². The molecule has 98 valence electrons. The Morgan fingerprint density at radius 3 is 2.47 bits per heavy atom. The van der Waals surface area contributed by atoms with E-state index >= 15 is 0 Å². The second-order valence-corrected chi connectivity index (χ2v) is 5.57. The Morgan fingerprint density at radius 2 is 1.94 bits per heavy atom. The highest BCUT2D eigenvalue weighted by molar-refractivity contribution is 5.83. The van der Waals surface area contributed by atoms with E-state index in [-0.39, 0.29) is 11.3 Å². The molecule has 4 heteroatoms. The smallest absolute Gasteiger partial charge is 0.230 e. The van der Waals surface area contributed by atoms with Crippen molar-refractivity contribution in [2.24, 2.45) is 17.1 Å². The van der Waals surface area contributed by atoms with Crippen LogP contribution in [-0.2, 0) is 9.53 Å². The first-order valence-corrected chi connectivity index (χ1v) is 6.75. The maximum atomic E-state index is 12.6. The summed E-state index contributed by atoms with van der Waals surface area (Å²) in [5.41, 5.74) is 5.54. The highest BCUT2D eigenvalue weighted by Gasteiger charge is 2.41. The fourth-order valence-electron chi connectivity index (χ4n) is 2.81. The third-order valence-corrected chi connectivity index (χ3v) is 4.37. The molecule has 0 radical (unpaired) electrons. The van der Waals surface area contributed by atoms with E-state index in [1.165, 1.54) is 0 Å². The molecular formula is C13H24N2O2. The number of hydrogen-bond donors (Lipinski definition) is 1. The van der Waals surface area contributed by atoms with Gasteiger partial charge in [-0.05, 0) is 31.6 Å². The quantitative estimate of drug-likeness (QED) is 0.783. The number of piperidine rings is 1. The van der Waals surface area contributed by atoms with Crippen molar-refractivity contribution in [3.63, 3.8) is 0 Å². The fourth-order valence-corrected chi connectivity index (χ4v) is 2.81. The van der Waals surface area contributed by atoms with Gasteiger partial charge in [-0.3, -0.25) is 4.79 Å². The van der Waals surface area contributed by atoms with E-state index in [2.05, 4.69) is 6.92 Å². The number of amides is 1. The van der Waals surface area contributed by atoms with Gasteiger partial charge >= 0.3 is 0 Å². The molecule has 2 saturated heterocycles. The van der Waals surface area contributed by atoms with E-state index in [4.69, 9.17) is 10.5 Å². The number of carbonyl (C=O) groups is 1. The van der Waals surface area contributed by atoms with Crippen LogP contribution in [-0.4, -0.2) is 43.7 Å². The van der Waals surface area contributed by atoms with Gasteiger partial charge in [-0.2, -0.15) is 0 Å². The molecule has 17 heavy (non-hydrogen) atoms. The van der Waals surface area contributed by atoms with Gasteiger partial charge in [0.2, 0.25) is 5.91 Å². The normalized spacial score (nSPS) is 25.9. The zero-order valence-electron chi connectivity index (χ0n) is 10.8. The second kappa shape index (κ2) is 5.36. The average molecular weight is 240 g/mol. The summed E-state index contributed by atoms with van der Waals surface area (Å²) in [5, 5.41) is 0. The summed E-state index contributed by atoms with van der Waals surface area (Å²) >= 11 is 0. The van der Waals surface area contributed by atoms with Crippen molar-refractivity contribution in [3.05, 3.63) is 0 Å². The number of ether oxygens (including phenoxy) is 1. The maximum Gasteiger partial charge on any atom is 0.230 e. The molecule has 0 bridgehead atoms. The van der Waals surface area contributed by atoms with E-state index in [9.17, 15) is 4.79 Å². The van der Waals surface area contributed by atoms with Crippen LogP contribution in [0.15, 0.2) is 0 Å². The molecule has 0 aromatic carbocycles. The number of rotatable bonds is 2. The van der Waals surface area contributed by atoms with E-state index in [0.29, 0.717) is 19.8 Å². The first-order chi connectivity index (χ1) is 8.18. The van der Waals surface area contributed by atoms with Crippen LogP contribution in [0.5, 0.6) is 0 Å². The molecule has 0 atom stereocenters. The molecule has 2 aliphatic heterocycles. The number of nitrogens with zero attached hydrogens (tertiary/aromatic N) is 1. The minimum atomic E-state index is -0.334. The summed E-state index contributed by atoms with van der Waals surface area (Å²) in [6, 6.07) is 0. The third-order valence-electron chi connectivity index (χ3n) is 4.37. The molecule has 2 rings (SSSR count). The van der Waals surface area contributed by atoms with Gasteiger partial charge in [0, 0.05) is 32.8 Å². The Kier molecular flexibility index (Phi) is 4.05. The number of nitrogens with two attached hydrogens (primary N) is 1. The summed E-state index contributed by atoms with van der Waals surface area (Å²) in [7, 11) is 0. The van der Waals surface area contributed by atoms with Crippen LogP contribution < -0.4 is 5.73 Å². The van der Waals surface area contributed by atoms with E-state index in [0.717, 1.165) is 44.7 Å². The predicted octanol–water partition coefficient (Wildman–Crippen LogP) is 1.00. The van der Waals surface area contributed by atoms with Crippen molar-refractivity contribution in [3.8, 4) is 0 Å². The van der Waals surface area contributed by atoms with E-state index in [1.807, 2.05) is 4.90 Å². The topological polar surface area (TPSA) is 55.6 Å². The monoisotopic (exact) mass is 240 g/mol. The van der Waals surface area contributed by atoms with Crippen molar-refractivity contribution in [2.75, 3.05) is 32.8 Å². The number of hydrogen-bond acceptors (Lipinski definition) is 3. The van der Waals surface area contributed by atoms with Crippen molar-refractivity contribution in [2.45, 2.75) is 32.6 Å². The lowest BCUT2D eigenvalue weighted by Gasteiger charge is -2.41. The lowest BCUT2D eigenvalue weighted by atomic mass is 9.78. The van der Waals surface area contributed by atoms with Gasteiger partial charge in [-0.25, -0.2) is 0 Å². The van der Waals surface area contributed by atoms with Gasteiger partial charge in [0.05, 0.1) is 5.41 Å². The molecule has 2 aliphatic rings. The molecule has 4 nitrogen and oxygen atoms in total. The Balaban J connectivity index is 2.01.